The van der Waals surface area contributed by atoms with Gasteiger partial charge in [0.2, 0.25) is 0 Å². The first-order chi connectivity index (χ1) is 16.7. The van der Waals surface area contributed by atoms with Crippen molar-refractivity contribution in [2.24, 2.45) is 0 Å². The van der Waals surface area contributed by atoms with Crippen molar-refractivity contribution < 1.29 is 14.3 Å². The molecule has 0 aliphatic carbocycles. The van der Waals surface area contributed by atoms with E-state index in [1.807, 2.05) is 42.5 Å². The fourth-order valence-corrected chi connectivity index (χ4v) is 4.92. The highest BCUT2D eigenvalue weighted by atomic mass is 16.5. The van der Waals surface area contributed by atoms with E-state index in [-0.39, 0.29) is 11.8 Å². The summed E-state index contributed by atoms with van der Waals surface area (Å²) in [6.07, 6.45) is 3.20. The Kier molecular flexibility index (Phi) is 6.92. The molecule has 3 aliphatic heterocycles. The molecule has 2 aromatic carbocycles. The molecule has 34 heavy (non-hydrogen) atoms. The van der Waals surface area contributed by atoms with E-state index in [4.69, 9.17) is 4.74 Å². The number of morpholine rings is 1. The average molecular weight is 461 g/mol. The number of ether oxygens (including phenoxy) is 1. The largest absolute Gasteiger partial charge is 0.379 e. The number of nitrogens with one attached hydrogen (secondary N) is 1. The second-order valence-corrected chi connectivity index (χ2v) is 9.05. The fraction of sp³-hybridized carbons (Fsp3) is 0.407. The minimum absolute atomic E-state index is 0.227. The van der Waals surface area contributed by atoms with Crippen molar-refractivity contribution in [3.63, 3.8) is 0 Å². The van der Waals surface area contributed by atoms with Crippen LogP contribution in [0.2, 0.25) is 0 Å². The molecule has 178 valence electrons. The van der Waals surface area contributed by atoms with Gasteiger partial charge in [-0.3, -0.25) is 19.4 Å². The number of carbonyl (C=O) groups excluding carboxylic acids is 2. The number of benzene rings is 2. The molecule has 3 heterocycles. The van der Waals surface area contributed by atoms with Crippen molar-refractivity contribution in [1.82, 2.24) is 9.80 Å². The highest BCUT2D eigenvalue weighted by molar-refractivity contribution is 6.36. The molecule has 0 aromatic heterocycles. The molecule has 2 aromatic rings. The lowest BCUT2D eigenvalue weighted by Crippen LogP contribution is -2.39. The quantitative estimate of drug-likeness (QED) is 0.611. The monoisotopic (exact) mass is 460 g/mol. The van der Waals surface area contributed by atoms with Crippen molar-refractivity contribution in [3.8, 4) is 0 Å². The normalized spacial score (nSPS) is 19.4. The van der Waals surface area contributed by atoms with E-state index in [1.54, 1.807) is 0 Å². The summed E-state index contributed by atoms with van der Waals surface area (Å²) in [6.45, 7) is 6.71. The first-order valence-electron chi connectivity index (χ1n) is 12.3. The summed E-state index contributed by atoms with van der Waals surface area (Å²) >= 11 is 0. The van der Waals surface area contributed by atoms with Gasteiger partial charge >= 0.3 is 0 Å². The van der Waals surface area contributed by atoms with Gasteiger partial charge in [0.1, 0.15) is 5.70 Å². The van der Waals surface area contributed by atoms with Crippen molar-refractivity contribution in [2.75, 3.05) is 62.7 Å². The average Bonchev–Trinajstić information content (AvgIpc) is 3.49. The van der Waals surface area contributed by atoms with Gasteiger partial charge < -0.3 is 15.0 Å². The highest BCUT2D eigenvalue weighted by Crippen LogP contribution is 2.31. The van der Waals surface area contributed by atoms with Crippen LogP contribution >= 0.6 is 0 Å². The van der Waals surface area contributed by atoms with Gasteiger partial charge in [-0.05, 0) is 49.1 Å². The molecule has 7 nitrogen and oxygen atoms in total. The standard InChI is InChI=1S/C27H32N4O3/c32-26-24(21-7-2-1-3-8-21)25(27(33)31(26)16-6-13-29-17-19-34-20-18-29)28-22-9-11-23(12-10-22)30-14-4-5-15-30/h1-3,7-12,28H,4-6,13-20H2. The summed E-state index contributed by atoms with van der Waals surface area (Å²) in [5.74, 6) is -0.483. The van der Waals surface area contributed by atoms with Crippen LogP contribution in [0, 0.1) is 0 Å². The number of anilines is 2. The van der Waals surface area contributed by atoms with Crippen LogP contribution in [0.5, 0.6) is 0 Å². The van der Waals surface area contributed by atoms with Gasteiger partial charge in [0.25, 0.3) is 11.8 Å². The molecular weight excluding hydrogens is 428 g/mol. The molecule has 0 saturated carbocycles. The van der Waals surface area contributed by atoms with Crippen molar-refractivity contribution in [3.05, 3.63) is 65.9 Å². The Bertz CT molecular complexity index is 1040. The third-order valence-electron chi connectivity index (χ3n) is 6.80. The predicted molar refractivity (Wildman–Crippen MR) is 133 cm³/mol. The third-order valence-corrected chi connectivity index (χ3v) is 6.80. The maximum atomic E-state index is 13.4. The van der Waals surface area contributed by atoms with Gasteiger partial charge in [0.15, 0.2) is 0 Å². The minimum Gasteiger partial charge on any atom is -0.379 e. The lowest BCUT2D eigenvalue weighted by Gasteiger charge is -2.27. The molecule has 1 N–H and O–H groups in total. The molecule has 0 spiro atoms. The molecule has 5 rings (SSSR count). The van der Waals surface area contributed by atoms with Gasteiger partial charge in [-0.25, -0.2) is 0 Å². The van der Waals surface area contributed by atoms with Crippen molar-refractivity contribution in [2.45, 2.75) is 19.3 Å². The number of hydrogen-bond donors (Lipinski definition) is 1. The molecule has 3 aliphatic rings. The molecule has 2 fully saturated rings. The molecule has 2 amide bonds. The fourth-order valence-electron chi connectivity index (χ4n) is 4.92. The zero-order valence-electron chi connectivity index (χ0n) is 19.5. The number of hydrogen-bond acceptors (Lipinski definition) is 6. The van der Waals surface area contributed by atoms with Gasteiger partial charge in [-0.1, -0.05) is 30.3 Å². The topological polar surface area (TPSA) is 65.1 Å². The first kappa shape index (κ1) is 22.6. The molecule has 0 unspecified atom stereocenters. The molecule has 0 radical (unpaired) electrons. The zero-order valence-corrected chi connectivity index (χ0v) is 19.5. The van der Waals surface area contributed by atoms with Crippen LogP contribution in [0.4, 0.5) is 11.4 Å². The van der Waals surface area contributed by atoms with E-state index in [2.05, 4.69) is 27.2 Å². The summed E-state index contributed by atoms with van der Waals surface area (Å²) in [7, 11) is 0. The maximum Gasteiger partial charge on any atom is 0.278 e. The SMILES string of the molecule is O=C1C(Nc2ccc(N3CCCC3)cc2)=C(c2ccccc2)C(=O)N1CCCN1CCOCC1. The summed E-state index contributed by atoms with van der Waals surface area (Å²) in [5.41, 5.74) is 3.56. The van der Waals surface area contributed by atoms with Crippen LogP contribution in [0.1, 0.15) is 24.8 Å². The predicted octanol–water partition coefficient (Wildman–Crippen LogP) is 3.20. The summed E-state index contributed by atoms with van der Waals surface area (Å²) in [6, 6.07) is 17.6. The van der Waals surface area contributed by atoms with Gasteiger partial charge in [0, 0.05) is 50.6 Å². The van der Waals surface area contributed by atoms with E-state index in [0.717, 1.165) is 63.6 Å². The smallest absolute Gasteiger partial charge is 0.278 e. The first-order valence-corrected chi connectivity index (χ1v) is 12.3. The summed E-state index contributed by atoms with van der Waals surface area (Å²) < 4.78 is 5.41. The maximum absolute atomic E-state index is 13.4. The van der Waals surface area contributed by atoms with Crippen molar-refractivity contribution >= 4 is 28.8 Å². The third kappa shape index (κ3) is 4.86. The number of rotatable bonds is 8. The highest BCUT2D eigenvalue weighted by Gasteiger charge is 2.38. The molecule has 0 atom stereocenters. The second-order valence-electron chi connectivity index (χ2n) is 9.05. The Labute approximate surface area is 201 Å². The van der Waals surface area contributed by atoms with Crippen LogP contribution < -0.4 is 10.2 Å². The van der Waals surface area contributed by atoms with Crippen LogP contribution in [-0.2, 0) is 14.3 Å². The summed E-state index contributed by atoms with van der Waals surface area (Å²) in [4.78, 5) is 32.9. The number of amides is 2. The Balaban J connectivity index is 1.33. The number of nitrogens with zero attached hydrogens (tertiary/aromatic N) is 3. The Hall–Kier alpha value is -3.16. The Morgan fingerprint density at radius 1 is 0.794 bits per heavy atom. The van der Waals surface area contributed by atoms with Crippen LogP contribution in [0.25, 0.3) is 5.57 Å². The molecule has 7 heteroatoms. The Morgan fingerprint density at radius 3 is 2.21 bits per heavy atom. The van der Waals surface area contributed by atoms with E-state index in [0.29, 0.717) is 17.8 Å². The van der Waals surface area contributed by atoms with Crippen LogP contribution in [0.3, 0.4) is 0 Å². The molecular formula is C27H32N4O3. The molecule has 2 saturated heterocycles. The lowest BCUT2D eigenvalue weighted by atomic mass is 10.0. The van der Waals surface area contributed by atoms with Crippen LogP contribution in [-0.4, -0.2) is 74.1 Å². The lowest BCUT2D eigenvalue weighted by molar-refractivity contribution is -0.136. The second kappa shape index (κ2) is 10.4. The zero-order chi connectivity index (χ0) is 23.3. The summed E-state index contributed by atoms with van der Waals surface area (Å²) in [5, 5.41) is 3.28. The van der Waals surface area contributed by atoms with E-state index < -0.39 is 0 Å². The number of imide groups is 1. The molecule has 0 bridgehead atoms. The van der Waals surface area contributed by atoms with E-state index in [9.17, 15) is 9.59 Å². The van der Waals surface area contributed by atoms with Gasteiger partial charge in [0.05, 0.1) is 18.8 Å². The minimum atomic E-state index is -0.255. The van der Waals surface area contributed by atoms with E-state index >= 15 is 0 Å². The van der Waals surface area contributed by atoms with Crippen LogP contribution in [0.15, 0.2) is 60.3 Å². The van der Waals surface area contributed by atoms with Gasteiger partial charge in [-0.2, -0.15) is 0 Å². The Morgan fingerprint density at radius 2 is 1.50 bits per heavy atom. The van der Waals surface area contributed by atoms with Crippen molar-refractivity contribution in [1.29, 1.82) is 0 Å². The van der Waals surface area contributed by atoms with Gasteiger partial charge in [-0.15, -0.1) is 0 Å². The van der Waals surface area contributed by atoms with E-state index in [1.165, 1.54) is 23.4 Å². The number of carbonyl (C=O) groups is 2.